The molecule has 2 aromatic carbocycles. The summed E-state index contributed by atoms with van der Waals surface area (Å²) in [6.07, 6.45) is 1.82. The second kappa shape index (κ2) is 7.40. The van der Waals surface area contributed by atoms with Crippen molar-refractivity contribution in [2.45, 2.75) is 19.1 Å². The van der Waals surface area contributed by atoms with Gasteiger partial charge < -0.3 is 14.6 Å². The van der Waals surface area contributed by atoms with Crippen molar-refractivity contribution in [3.8, 4) is 5.75 Å². The molecule has 0 fully saturated rings. The molecule has 1 heterocycles. The number of nitrogens with zero attached hydrogens (tertiary/aromatic N) is 1. The predicted molar refractivity (Wildman–Crippen MR) is 88.3 cm³/mol. The molecule has 0 saturated heterocycles. The maximum Gasteiger partial charge on any atom is 0.141 e. The summed E-state index contributed by atoms with van der Waals surface area (Å²) in [6, 6.07) is 15.1. The Hall–Kier alpha value is -2.17. The Morgan fingerprint density at radius 1 is 1.22 bits per heavy atom. The molecule has 0 bridgehead atoms. The van der Waals surface area contributed by atoms with E-state index in [1.165, 1.54) is 0 Å². The summed E-state index contributed by atoms with van der Waals surface area (Å²) >= 11 is 0. The van der Waals surface area contributed by atoms with Gasteiger partial charge in [0.15, 0.2) is 0 Å². The second-order valence-electron chi connectivity index (χ2n) is 5.79. The fourth-order valence-corrected chi connectivity index (χ4v) is 3.05. The molecular formula is C19H21NO3. The minimum Gasteiger partial charge on any atom is -0.508 e. The molecule has 23 heavy (non-hydrogen) atoms. The molecule has 4 heteroatoms. The minimum absolute atomic E-state index is 0.250. The van der Waals surface area contributed by atoms with Crippen molar-refractivity contribution < 1.29 is 14.6 Å². The van der Waals surface area contributed by atoms with E-state index in [0.717, 1.165) is 42.5 Å². The summed E-state index contributed by atoms with van der Waals surface area (Å²) < 4.78 is 5.72. The molecule has 1 unspecified atom stereocenters. The fraction of sp³-hybridized carbons (Fsp3) is 0.316. The number of ether oxygens (including phenoxy) is 1. The van der Waals surface area contributed by atoms with Gasteiger partial charge in [-0.2, -0.15) is 0 Å². The average Bonchev–Trinajstić information content (AvgIpc) is 2.59. The van der Waals surface area contributed by atoms with Gasteiger partial charge in [-0.3, -0.25) is 4.90 Å². The number of carbonyl (C=O) groups excluding carboxylic acids is 1. The molecule has 1 N–H and O–H groups in total. The molecule has 0 spiro atoms. The monoisotopic (exact) mass is 311 g/mol. The number of hydrogen-bond donors (Lipinski definition) is 1. The molecule has 0 radical (unpaired) electrons. The Labute approximate surface area is 136 Å². The average molecular weight is 311 g/mol. The van der Waals surface area contributed by atoms with Crippen molar-refractivity contribution in [3.05, 3.63) is 65.2 Å². The van der Waals surface area contributed by atoms with Gasteiger partial charge in [0.2, 0.25) is 0 Å². The van der Waals surface area contributed by atoms with Crippen molar-refractivity contribution in [2.24, 2.45) is 0 Å². The molecular weight excluding hydrogens is 290 g/mol. The summed E-state index contributed by atoms with van der Waals surface area (Å²) in [6.45, 7) is 2.70. The van der Waals surface area contributed by atoms with Crippen LogP contribution in [0.1, 0.15) is 22.7 Å². The Morgan fingerprint density at radius 2 is 2.04 bits per heavy atom. The van der Waals surface area contributed by atoms with Gasteiger partial charge in [0.25, 0.3) is 0 Å². The van der Waals surface area contributed by atoms with Crippen LogP contribution >= 0.6 is 0 Å². The summed E-state index contributed by atoms with van der Waals surface area (Å²) in [5, 5.41) is 9.57. The summed E-state index contributed by atoms with van der Waals surface area (Å²) in [7, 11) is 0. The second-order valence-corrected chi connectivity index (χ2v) is 5.79. The lowest BCUT2D eigenvalue weighted by Gasteiger charge is -2.34. The van der Waals surface area contributed by atoms with Crippen LogP contribution in [-0.2, 0) is 22.6 Å². The smallest absolute Gasteiger partial charge is 0.141 e. The fourth-order valence-electron chi connectivity index (χ4n) is 3.05. The highest BCUT2D eigenvalue weighted by molar-refractivity contribution is 5.64. The van der Waals surface area contributed by atoms with Gasteiger partial charge >= 0.3 is 0 Å². The molecule has 0 aromatic heterocycles. The lowest BCUT2D eigenvalue weighted by Crippen LogP contribution is -2.38. The van der Waals surface area contributed by atoms with Gasteiger partial charge in [-0.05, 0) is 35.2 Å². The Balaban J connectivity index is 1.56. The molecule has 120 valence electrons. The number of phenolic OH excluding ortho intramolecular Hbond substituents is 1. The summed E-state index contributed by atoms with van der Waals surface area (Å²) in [5.74, 6) is 0.257. The first-order valence-corrected chi connectivity index (χ1v) is 7.91. The number of benzene rings is 2. The summed E-state index contributed by atoms with van der Waals surface area (Å²) in [5.41, 5.74) is 3.20. The van der Waals surface area contributed by atoms with E-state index in [2.05, 4.69) is 4.90 Å². The molecule has 0 aliphatic carbocycles. The van der Waals surface area contributed by atoms with Crippen LogP contribution in [0.5, 0.6) is 5.75 Å². The van der Waals surface area contributed by atoms with E-state index >= 15 is 0 Å². The van der Waals surface area contributed by atoms with E-state index in [-0.39, 0.29) is 11.8 Å². The topological polar surface area (TPSA) is 49.8 Å². The van der Waals surface area contributed by atoms with Crippen molar-refractivity contribution >= 4 is 6.29 Å². The van der Waals surface area contributed by atoms with Crippen LogP contribution in [-0.4, -0.2) is 36.0 Å². The van der Waals surface area contributed by atoms with Gasteiger partial charge in [0.1, 0.15) is 12.0 Å². The van der Waals surface area contributed by atoms with E-state index in [1.54, 1.807) is 12.1 Å². The number of hydrogen-bond acceptors (Lipinski definition) is 4. The van der Waals surface area contributed by atoms with Crippen LogP contribution in [0.3, 0.4) is 0 Å². The van der Waals surface area contributed by atoms with E-state index in [4.69, 9.17) is 4.74 Å². The highest BCUT2D eigenvalue weighted by atomic mass is 16.5. The van der Waals surface area contributed by atoms with E-state index in [9.17, 15) is 9.90 Å². The molecule has 2 aromatic rings. The van der Waals surface area contributed by atoms with Crippen molar-refractivity contribution in [1.29, 1.82) is 0 Å². The lowest BCUT2D eigenvalue weighted by atomic mass is 9.93. The Kier molecular flexibility index (Phi) is 5.05. The number of carbonyl (C=O) groups is 1. The predicted octanol–water partition coefficient (Wildman–Crippen LogP) is 2.71. The van der Waals surface area contributed by atoms with Crippen LogP contribution in [0.2, 0.25) is 0 Å². The van der Waals surface area contributed by atoms with Gasteiger partial charge in [-0.15, -0.1) is 0 Å². The molecule has 4 nitrogen and oxygen atoms in total. The van der Waals surface area contributed by atoms with Crippen LogP contribution in [0.4, 0.5) is 0 Å². The minimum atomic E-state index is -0.250. The number of aromatic hydroxyl groups is 1. The maximum absolute atomic E-state index is 11.5. The van der Waals surface area contributed by atoms with Gasteiger partial charge in [0, 0.05) is 13.1 Å². The first-order chi connectivity index (χ1) is 11.3. The third-order valence-corrected chi connectivity index (χ3v) is 4.27. The SMILES string of the molecule is O=CC1c2ccc(O)cc2CCN1CCOCc1ccccc1. The number of aldehydes is 1. The molecule has 0 saturated carbocycles. The first-order valence-electron chi connectivity index (χ1n) is 7.91. The van der Waals surface area contributed by atoms with Crippen molar-refractivity contribution in [1.82, 2.24) is 4.90 Å². The van der Waals surface area contributed by atoms with Gasteiger partial charge in [-0.25, -0.2) is 0 Å². The molecule has 3 rings (SSSR count). The van der Waals surface area contributed by atoms with Gasteiger partial charge in [0.05, 0.1) is 19.3 Å². The largest absolute Gasteiger partial charge is 0.508 e. The third-order valence-electron chi connectivity index (χ3n) is 4.27. The zero-order chi connectivity index (χ0) is 16.1. The maximum atomic E-state index is 11.5. The third kappa shape index (κ3) is 3.78. The van der Waals surface area contributed by atoms with E-state index in [0.29, 0.717) is 13.2 Å². The summed E-state index contributed by atoms with van der Waals surface area (Å²) in [4.78, 5) is 13.7. The van der Waals surface area contributed by atoms with Crippen LogP contribution in [0, 0.1) is 0 Å². The van der Waals surface area contributed by atoms with Crippen LogP contribution in [0.15, 0.2) is 48.5 Å². The normalized spacial score (nSPS) is 17.7. The number of phenols is 1. The zero-order valence-electron chi connectivity index (χ0n) is 13.0. The van der Waals surface area contributed by atoms with Gasteiger partial charge in [-0.1, -0.05) is 36.4 Å². The Morgan fingerprint density at radius 3 is 2.83 bits per heavy atom. The van der Waals surface area contributed by atoms with Crippen molar-refractivity contribution in [3.63, 3.8) is 0 Å². The standard InChI is InChI=1S/C19H21NO3/c21-13-19-18-7-6-17(22)12-16(18)8-9-20(19)10-11-23-14-15-4-2-1-3-5-15/h1-7,12-13,19,22H,8-11,14H2. The van der Waals surface area contributed by atoms with Crippen molar-refractivity contribution in [2.75, 3.05) is 19.7 Å². The number of fused-ring (bicyclic) bond motifs is 1. The quantitative estimate of drug-likeness (QED) is 0.658. The van der Waals surface area contributed by atoms with E-state index < -0.39 is 0 Å². The zero-order valence-corrected chi connectivity index (χ0v) is 13.0. The highest BCUT2D eigenvalue weighted by Crippen LogP contribution is 2.30. The molecule has 1 aliphatic heterocycles. The Bertz CT molecular complexity index is 657. The number of rotatable bonds is 6. The molecule has 1 atom stereocenters. The van der Waals surface area contributed by atoms with Crippen LogP contribution < -0.4 is 0 Å². The molecule has 0 amide bonds. The van der Waals surface area contributed by atoms with Crippen LogP contribution in [0.25, 0.3) is 0 Å². The first kappa shape index (κ1) is 15.7. The molecule has 1 aliphatic rings. The lowest BCUT2D eigenvalue weighted by molar-refractivity contribution is -0.113. The highest BCUT2D eigenvalue weighted by Gasteiger charge is 2.26. The van der Waals surface area contributed by atoms with E-state index in [1.807, 2.05) is 36.4 Å².